The van der Waals surface area contributed by atoms with E-state index in [2.05, 4.69) is 21.2 Å². The Morgan fingerprint density at radius 2 is 2.13 bits per heavy atom. The number of nitrogens with zero attached hydrogens (tertiary/aromatic N) is 1. The van der Waals surface area contributed by atoms with Gasteiger partial charge in [-0.1, -0.05) is 6.07 Å². The lowest BCUT2D eigenvalue weighted by Gasteiger charge is -2.35. The van der Waals surface area contributed by atoms with E-state index in [0.29, 0.717) is 13.0 Å². The molecular weight excluding hydrogens is 471 g/mol. The maximum Gasteiger partial charge on any atom is 0.410 e. The number of hydrogen-bond donors (Lipinski definition) is 2. The van der Waals surface area contributed by atoms with Crippen LogP contribution in [0.2, 0.25) is 0 Å². The summed E-state index contributed by atoms with van der Waals surface area (Å²) in [7, 11) is 0. The van der Waals surface area contributed by atoms with Gasteiger partial charge in [0.05, 0.1) is 29.3 Å². The SMILES string of the molecule is CC(C)(C)OC(=O)N(C[C@H](O)COc1cccc(Br)c1F)[C@@H]1COC2(CCNCC2)C1. The first kappa shape index (κ1) is 24.2. The molecule has 2 aliphatic heterocycles. The van der Waals surface area contributed by atoms with Gasteiger partial charge in [-0.25, -0.2) is 9.18 Å². The second-order valence-electron chi connectivity index (χ2n) is 9.25. The van der Waals surface area contributed by atoms with Gasteiger partial charge in [-0.3, -0.25) is 0 Å². The van der Waals surface area contributed by atoms with E-state index in [4.69, 9.17) is 14.2 Å². The van der Waals surface area contributed by atoms with Crippen LogP contribution in [-0.2, 0) is 9.47 Å². The van der Waals surface area contributed by atoms with Gasteiger partial charge in [-0.2, -0.15) is 0 Å². The van der Waals surface area contributed by atoms with E-state index in [1.54, 1.807) is 32.9 Å². The second kappa shape index (κ2) is 10.0. The fraction of sp³-hybridized carbons (Fsp3) is 0.682. The number of amides is 1. The molecule has 31 heavy (non-hydrogen) atoms. The predicted octanol–water partition coefficient (Wildman–Crippen LogP) is 3.48. The Morgan fingerprint density at radius 3 is 2.81 bits per heavy atom. The number of ether oxygens (including phenoxy) is 3. The molecule has 1 aromatic rings. The molecule has 0 unspecified atom stereocenters. The van der Waals surface area contributed by atoms with Gasteiger partial charge in [0, 0.05) is 0 Å². The molecule has 2 atom stereocenters. The van der Waals surface area contributed by atoms with Crippen LogP contribution in [0.5, 0.6) is 5.75 Å². The topological polar surface area (TPSA) is 80.3 Å². The molecule has 1 aromatic carbocycles. The van der Waals surface area contributed by atoms with Crippen molar-refractivity contribution in [2.24, 2.45) is 0 Å². The highest BCUT2D eigenvalue weighted by atomic mass is 79.9. The molecule has 174 valence electrons. The molecule has 2 N–H and O–H groups in total. The summed E-state index contributed by atoms with van der Waals surface area (Å²) in [5, 5.41) is 13.9. The van der Waals surface area contributed by atoms with Crippen molar-refractivity contribution >= 4 is 22.0 Å². The highest BCUT2D eigenvalue weighted by Gasteiger charge is 2.45. The molecule has 2 aliphatic rings. The zero-order valence-corrected chi connectivity index (χ0v) is 19.9. The number of carbonyl (C=O) groups is 1. The Bertz CT molecular complexity index is 767. The minimum Gasteiger partial charge on any atom is -0.488 e. The number of nitrogens with one attached hydrogen (secondary N) is 1. The Balaban J connectivity index is 1.66. The van der Waals surface area contributed by atoms with Gasteiger partial charge >= 0.3 is 6.09 Å². The lowest BCUT2D eigenvalue weighted by atomic mass is 9.88. The van der Waals surface area contributed by atoms with Crippen LogP contribution in [-0.4, -0.2) is 72.3 Å². The van der Waals surface area contributed by atoms with E-state index in [1.807, 2.05) is 0 Å². The minimum atomic E-state index is -1.02. The first-order valence-electron chi connectivity index (χ1n) is 10.7. The number of hydrogen-bond acceptors (Lipinski definition) is 6. The van der Waals surface area contributed by atoms with Crippen molar-refractivity contribution in [3.8, 4) is 5.75 Å². The van der Waals surface area contributed by atoms with Crippen molar-refractivity contribution in [3.05, 3.63) is 28.5 Å². The van der Waals surface area contributed by atoms with E-state index in [1.165, 1.54) is 11.0 Å². The van der Waals surface area contributed by atoms with Crippen LogP contribution in [0.15, 0.2) is 22.7 Å². The molecule has 7 nitrogen and oxygen atoms in total. The first-order valence-corrected chi connectivity index (χ1v) is 11.5. The number of rotatable bonds is 6. The standard InChI is InChI=1S/C22H32BrFN2O5/c1-21(2,3)31-20(28)26(15-11-22(30-13-15)7-9-25-10-8-22)12-16(27)14-29-18-6-4-5-17(23)19(18)24/h4-6,15-16,25,27H,7-14H2,1-3H3/t15-,16-/m0/s1. The molecule has 0 saturated carbocycles. The lowest BCUT2D eigenvalue weighted by molar-refractivity contribution is -0.0227. The van der Waals surface area contributed by atoms with Crippen LogP contribution >= 0.6 is 15.9 Å². The molecule has 2 saturated heterocycles. The summed E-state index contributed by atoms with van der Waals surface area (Å²) in [6.45, 7) is 7.42. The van der Waals surface area contributed by atoms with Gasteiger partial charge in [0.1, 0.15) is 18.3 Å². The van der Waals surface area contributed by atoms with Gasteiger partial charge < -0.3 is 29.5 Å². The molecule has 3 rings (SSSR count). The van der Waals surface area contributed by atoms with Gasteiger partial charge in [0.15, 0.2) is 11.6 Å². The summed E-state index contributed by atoms with van der Waals surface area (Å²) in [5.41, 5.74) is -0.904. The van der Waals surface area contributed by atoms with Crippen LogP contribution in [0.4, 0.5) is 9.18 Å². The van der Waals surface area contributed by atoms with Crippen LogP contribution in [0.3, 0.4) is 0 Å². The van der Waals surface area contributed by atoms with Crippen LogP contribution in [0.1, 0.15) is 40.0 Å². The van der Waals surface area contributed by atoms with E-state index in [-0.39, 0.29) is 35.0 Å². The maximum absolute atomic E-state index is 14.1. The third-order valence-corrected chi connectivity index (χ3v) is 6.14. The van der Waals surface area contributed by atoms with E-state index >= 15 is 0 Å². The number of piperidine rings is 1. The predicted molar refractivity (Wildman–Crippen MR) is 118 cm³/mol. The number of aliphatic hydroxyl groups excluding tert-OH is 1. The third-order valence-electron chi connectivity index (χ3n) is 5.53. The highest BCUT2D eigenvalue weighted by molar-refractivity contribution is 9.10. The average Bonchev–Trinajstić information content (AvgIpc) is 3.09. The fourth-order valence-corrected chi connectivity index (χ4v) is 4.35. The Labute approximate surface area is 191 Å². The average molecular weight is 503 g/mol. The molecule has 0 aliphatic carbocycles. The Morgan fingerprint density at radius 1 is 1.42 bits per heavy atom. The monoisotopic (exact) mass is 502 g/mol. The minimum absolute atomic E-state index is 0.00684. The summed E-state index contributed by atoms with van der Waals surface area (Å²) in [4.78, 5) is 14.5. The largest absolute Gasteiger partial charge is 0.488 e. The van der Waals surface area contributed by atoms with Crippen molar-refractivity contribution in [2.45, 2.75) is 63.4 Å². The van der Waals surface area contributed by atoms with Crippen molar-refractivity contribution in [1.82, 2.24) is 10.2 Å². The van der Waals surface area contributed by atoms with Crippen molar-refractivity contribution < 1.29 is 28.5 Å². The van der Waals surface area contributed by atoms with Crippen molar-refractivity contribution in [1.29, 1.82) is 0 Å². The molecule has 1 spiro atoms. The molecule has 2 fully saturated rings. The summed E-state index contributed by atoms with van der Waals surface area (Å²) in [5.74, 6) is -0.495. The molecule has 1 amide bonds. The van der Waals surface area contributed by atoms with E-state index in [0.717, 1.165) is 25.9 Å². The molecule has 0 radical (unpaired) electrons. The zero-order chi connectivity index (χ0) is 22.6. The van der Waals surface area contributed by atoms with Crippen LogP contribution < -0.4 is 10.1 Å². The quantitative estimate of drug-likeness (QED) is 0.619. The number of halogens is 2. The van der Waals surface area contributed by atoms with Gasteiger partial charge in [-0.15, -0.1) is 0 Å². The first-order chi connectivity index (χ1) is 14.6. The van der Waals surface area contributed by atoms with Gasteiger partial charge in [0.2, 0.25) is 0 Å². The van der Waals surface area contributed by atoms with Gasteiger partial charge in [-0.05, 0) is 81.2 Å². The smallest absolute Gasteiger partial charge is 0.410 e. The summed E-state index contributed by atoms with van der Waals surface area (Å²) < 4.78 is 31.6. The third kappa shape index (κ3) is 6.54. The second-order valence-corrected chi connectivity index (χ2v) is 10.1. The molecule has 2 heterocycles. The highest BCUT2D eigenvalue weighted by Crippen LogP contribution is 2.36. The number of aliphatic hydroxyl groups is 1. The van der Waals surface area contributed by atoms with Crippen LogP contribution in [0.25, 0.3) is 0 Å². The maximum atomic E-state index is 14.1. The fourth-order valence-electron chi connectivity index (χ4n) is 4.01. The lowest BCUT2D eigenvalue weighted by Crippen LogP contribution is -2.49. The summed E-state index contributed by atoms with van der Waals surface area (Å²) >= 11 is 3.11. The van der Waals surface area contributed by atoms with Crippen molar-refractivity contribution in [3.63, 3.8) is 0 Å². The normalized spacial score (nSPS) is 21.7. The Kier molecular flexibility index (Phi) is 7.83. The van der Waals surface area contributed by atoms with E-state index < -0.39 is 23.6 Å². The Hall–Kier alpha value is -1.42. The molecule has 9 heteroatoms. The van der Waals surface area contributed by atoms with E-state index in [9.17, 15) is 14.3 Å². The zero-order valence-electron chi connectivity index (χ0n) is 18.3. The molecule has 0 aromatic heterocycles. The molecular formula is C22H32BrFN2O5. The number of carbonyl (C=O) groups excluding carboxylic acids is 1. The van der Waals surface area contributed by atoms with Crippen LogP contribution in [0, 0.1) is 5.82 Å². The summed E-state index contributed by atoms with van der Waals surface area (Å²) in [6.07, 6.45) is 0.955. The van der Waals surface area contributed by atoms with Gasteiger partial charge in [0.25, 0.3) is 0 Å². The number of benzene rings is 1. The van der Waals surface area contributed by atoms with Crippen molar-refractivity contribution in [2.75, 3.05) is 32.8 Å². The molecule has 0 bridgehead atoms. The summed E-state index contributed by atoms with van der Waals surface area (Å²) in [6, 6.07) is 4.50.